The van der Waals surface area contributed by atoms with Gasteiger partial charge in [0, 0.05) is 48.0 Å². The van der Waals surface area contributed by atoms with Crippen LogP contribution in [0.25, 0.3) is 74.8 Å². The maximum atomic E-state index is 6.70. The second-order valence-corrected chi connectivity index (χ2v) is 13.2. The maximum absolute atomic E-state index is 6.70. The molecule has 47 heavy (non-hydrogen) atoms. The van der Waals surface area contributed by atoms with E-state index in [1.54, 1.807) is 0 Å². The molecule has 0 radical (unpaired) electrons. The Kier molecular flexibility index (Phi) is 5.78. The predicted molar refractivity (Wildman–Crippen MR) is 202 cm³/mol. The molecule has 0 aliphatic carbocycles. The third-order valence-corrected chi connectivity index (χ3v) is 10.5. The van der Waals surface area contributed by atoms with E-state index in [1.807, 2.05) is 11.3 Å². The Hall–Kier alpha value is -5.90. The summed E-state index contributed by atoms with van der Waals surface area (Å²) < 4.78 is 9.19. The minimum absolute atomic E-state index is 0.929. The zero-order chi connectivity index (χ0) is 30.9. The molecule has 2 aromatic heterocycles. The quantitative estimate of drug-likeness (QED) is 0.195. The number of benzene rings is 8. The van der Waals surface area contributed by atoms with Gasteiger partial charge >= 0.3 is 0 Å². The molecule has 0 bridgehead atoms. The summed E-state index contributed by atoms with van der Waals surface area (Å²) in [7, 11) is 0. The zero-order valence-corrected chi connectivity index (χ0v) is 26.2. The van der Waals surface area contributed by atoms with E-state index in [2.05, 4.69) is 169 Å². The van der Waals surface area contributed by atoms with Crippen LogP contribution in [-0.2, 0) is 0 Å². The fraction of sp³-hybridized carbons (Fsp3) is 0. The first-order valence-corrected chi connectivity index (χ1v) is 16.7. The van der Waals surface area contributed by atoms with Gasteiger partial charge in [0.1, 0.15) is 11.2 Å². The van der Waals surface area contributed by atoms with E-state index in [0.29, 0.717) is 0 Å². The molecule has 3 heteroatoms. The van der Waals surface area contributed by atoms with Crippen molar-refractivity contribution in [1.29, 1.82) is 0 Å². The van der Waals surface area contributed by atoms with Gasteiger partial charge in [-0.15, -0.1) is 11.3 Å². The molecule has 0 aliphatic rings. The molecule has 0 unspecified atom stereocenters. The lowest BCUT2D eigenvalue weighted by Gasteiger charge is -2.26. The highest BCUT2D eigenvalue weighted by atomic mass is 32.1. The summed E-state index contributed by atoms with van der Waals surface area (Å²) in [4.78, 5) is 2.36. The summed E-state index contributed by atoms with van der Waals surface area (Å²) in [6.45, 7) is 0. The molecule has 0 saturated carbocycles. The molecule has 0 fully saturated rings. The number of rotatable bonds is 4. The van der Waals surface area contributed by atoms with Crippen molar-refractivity contribution in [2.24, 2.45) is 0 Å². The van der Waals surface area contributed by atoms with E-state index in [-0.39, 0.29) is 0 Å². The number of anilines is 3. The summed E-state index contributed by atoms with van der Waals surface area (Å²) in [6.07, 6.45) is 0. The van der Waals surface area contributed by atoms with Gasteiger partial charge in [0.25, 0.3) is 0 Å². The standard InChI is InChI=1S/C44H27NOS/c1-2-15-32(16-3-1)45(33-17-8-14-31(24-33)36-19-9-13-28-10-6-7-18-35(28)36)34-20-22-41-39(27-34)43-42(47-41)23-21-37-38-25-29-11-4-5-12-30(29)26-40(38)46-44(37)43/h1-27H. The normalized spacial score (nSPS) is 11.8. The summed E-state index contributed by atoms with van der Waals surface area (Å²) in [5.74, 6) is 0. The first kappa shape index (κ1) is 26.3. The first-order valence-electron chi connectivity index (χ1n) is 15.9. The largest absolute Gasteiger partial charge is 0.455 e. The highest BCUT2D eigenvalue weighted by molar-refractivity contribution is 7.26. The van der Waals surface area contributed by atoms with Crippen molar-refractivity contribution >= 4 is 92.1 Å². The molecule has 0 amide bonds. The molecule has 0 saturated heterocycles. The molecule has 0 aliphatic heterocycles. The number of para-hydroxylation sites is 1. The van der Waals surface area contributed by atoms with Crippen LogP contribution < -0.4 is 4.90 Å². The number of hydrogen-bond donors (Lipinski definition) is 0. The van der Waals surface area contributed by atoms with Crippen molar-refractivity contribution in [2.75, 3.05) is 4.90 Å². The van der Waals surface area contributed by atoms with Gasteiger partial charge in [0.05, 0.1) is 0 Å². The smallest absolute Gasteiger partial charge is 0.144 e. The number of nitrogens with zero attached hydrogens (tertiary/aromatic N) is 1. The van der Waals surface area contributed by atoms with Gasteiger partial charge < -0.3 is 9.32 Å². The Morgan fingerprint density at radius 2 is 1.13 bits per heavy atom. The minimum Gasteiger partial charge on any atom is -0.455 e. The number of fused-ring (bicyclic) bond motifs is 9. The first-order chi connectivity index (χ1) is 23.3. The lowest BCUT2D eigenvalue weighted by molar-refractivity contribution is 0.673. The third-order valence-electron chi connectivity index (χ3n) is 9.40. The van der Waals surface area contributed by atoms with Crippen LogP contribution in [-0.4, -0.2) is 0 Å². The Morgan fingerprint density at radius 3 is 2.02 bits per heavy atom. The predicted octanol–water partition coefficient (Wildman–Crippen LogP) is 13.4. The molecular weight excluding hydrogens is 591 g/mol. The van der Waals surface area contributed by atoms with Crippen LogP contribution in [0.3, 0.4) is 0 Å². The average molecular weight is 618 g/mol. The van der Waals surface area contributed by atoms with Gasteiger partial charge in [-0.25, -0.2) is 0 Å². The van der Waals surface area contributed by atoms with E-state index in [9.17, 15) is 0 Å². The number of furan rings is 1. The molecule has 10 rings (SSSR count). The highest BCUT2D eigenvalue weighted by Crippen LogP contribution is 2.45. The van der Waals surface area contributed by atoms with Crippen LogP contribution in [0.5, 0.6) is 0 Å². The van der Waals surface area contributed by atoms with Gasteiger partial charge in [0.2, 0.25) is 0 Å². The van der Waals surface area contributed by atoms with Crippen LogP contribution in [0.2, 0.25) is 0 Å². The molecular formula is C44H27NOS. The molecule has 8 aromatic carbocycles. The summed E-state index contributed by atoms with van der Waals surface area (Å²) in [5.41, 5.74) is 7.65. The van der Waals surface area contributed by atoms with Crippen LogP contribution >= 0.6 is 11.3 Å². The average Bonchev–Trinajstić information content (AvgIpc) is 3.68. The molecule has 0 atom stereocenters. The summed E-state index contributed by atoms with van der Waals surface area (Å²) >= 11 is 1.82. The molecule has 220 valence electrons. The van der Waals surface area contributed by atoms with E-state index in [0.717, 1.165) is 39.0 Å². The topological polar surface area (TPSA) is 16.4 Å². The van der Waals surface area contributed by atoms with E-state index < -0.39 is 0 Å². The second-order valence-electron chi connectivity index (χ2n) is 12.1. The fourth-order valence-corrected chi connectivity index (χ4v) is 8.31. The number of hydrogen-bond acceptors (Lipinski definition) is 3. The van der Waals surface area contributed by atoms with Crippen molar-refractivity contribution in [2.45, 2.75) is 0 Å². The molecule has 2 nitrogen and oxygen atoms in total. The summed E-state index contributed by atoms with van der Waals surface area (Å²) in [6, 6.07) is 59.0. The molecule has 0 N–H and O–H groups in total. The molecule has 10 aromatic rings. The minimum atomic E-state index is 0.929. The Morgan fingerprint density at radius 1 is 0.426 bits per heavy atom. The zero-order valence-electron chi connectivity index (χ0n) is 25.4. The SMILES string of the molecule is c1ccc(N(c2cccc(-c3cccc4ccccc34)c2)c2ccc3sc4ccc5c6cc7ccccc7cc6oc5c4c3c2)cc1. The van der Waals surface area contributed by atoms with Gasteiger partial charge in [-0.3, -0.25) is 0 Å². The monoisotopic (exact) mass is 617 g/mol. The van der Waals surface area contributed by atoms with Gasteiger partial charge in [-0.05, 0) is 99.4 Å². The third kappa shape index (κ3) is 4.17. The van der Waals surface area contributed by atoms with Crippen LogP contribution in [0.15, 0.2) is 168 Å². The Balaban J connectivity index is 1.19. The Bertz CT molecular complexity index is 2800. The van der Waals surface area contributed by atoms with Crippen LogP contribution in [0, 0.1) is 0 Å². The number of thiophene rings is 1. The molecule has 2 heterocycles. The second kappa shape index (κ2) is 10.3. The maximum Gasteiger partial charge on any atom is 0.144 e. The van der Waals surface area contributed by atoms with E-state index in [1.165, 1.54) is 52.8 Å². The van der Waals surface area contributed by atoms with Crippen molar-refractivity contribution < 1.29 is 4.42 Å². The van der Waals surface area contributed by atoms with E-state index in [4.69, 9.17) is 4.42 Å². The van der Waals surface area contributed by atoms with Gasteiger partial charge in [-0.2, -0.15) is 0 Å². The highest BCUT2D eigenvalue weighted by Gasteiger charge is 2.19. The van der Waals surface area contributed by atoms with Crippen molar-refractivity contribution in [3.05, 3.63) is 164 Å². The van der Waals surface area contributed by atoms with Crippen molar-refractivity contribution in [3.63, 3.8) is 0 Å². The Labute approximate surface area is 275 Å². The summed E-state index contributed by atoms with van der Waals surface area (Å²) in [5, 5.41) is 9.63. The van der Waals surface area contributed by atoms with Crippen molar-refractivity contribution in [3.8, 4) is 11.1 Å². The van der Waals surface area contributed by atoms with Gasteiger partial charge in [0.15, 0.2) is 0 Å². The van der Waals surface area contributed by atoms with Crippen LogP contribution in [0.4, 0.5) is 17.1 Å². The van der Waals surface area contributed by atoms with Crippen molar-refractivity contribution in [1.82, 2.24) is 0 Å². The fourth-order valence-electron chi connectivity index (χ4n) is 7.22. The van der Waals surface area contributed by atoms with Crippen LogP contribution in [0.1, 0.15) is 0 Å². The lowest BCUT2D eigenvalue weighted by Crippen LogP contribution is -2.09. The lowest BCUT2D eigenvalue weighted by atomic mass is 9.97. The molecule has 0 spiro atoms. The van der Waals surface area contributed by atoms with E-state index >= 15 is 0 Å². The van der Waals surface area contributed by atoms with Gasteiger partial charge in [-0.1, -0.05) is 97.1 Å².